The third kappa shape index (κ3) is 3.93. The summed E-state index contributed by atoms with van der Waals surface area (Å²) in [4.78, 5) is 24.0. The molecule has 118 valence electrons. The number of Topliss-reactive ketones (excluding diaryl/α,β-unsaturated/α-hetero) is 1. The molecule has 0 aliphatic carbocycles. The summed E-state index contributed by atoms with van der Waals surface area (Å²) in [6.45, 7) is 0.457. The Bertz CT molecular complexity index is 702. The Morgan fingerprint density at radius 1 is 1.04 bits per heavy atom. The first-order valence-corrected chi connectivity index (χ1v) is 8.56. The minimum Gasteiger partial charge on any atom is -0.491 e. The standard InChI is InChI=1S/C18H17NO3S/c20-16(13-6-2-1-3-7-13)11-23-12-18(21)19-15-10-22-17-9-5-4-8-14(15)17/h1-9,15H,10-12H2,(H,19,21)/t15-/m1/s1. The van der Waals surface area contributed by atoms with Crippen LogP contribution < -0.4 is 10.1 Å². The summed E-state index contributed by atoms with van der Waals surface area (Å²) in [7, 11) is 0. The number of ketones is 1. The van der Waals surface area contributed by atoms with Crippen molar-refractivity contribution in [3.63, 3.8) is 0 Å². The van der Waals surface area contributed by atoms with Gasteiger partial charge >= 0.3 is 0 Å². The molecule has 0 spiro atoms. The first kappa shape index (κ1) is 15.6. The summed E-state index contributed by atoms with van der Waals surface area (Å²) in [5.41, 5.74) is 1.68. The van der Waals surface area contributed by atoms with E-state index >= 15 is 0 Å². The number of para-hydroxylation sites is 1. The van der Waals surface area contributed by atoms with Crippen molar-refractivity contribution in [1.29, 1.82) is 0 Å². The lowest BCUT2D eigenvalue weighted by Gasteiger charge is -2.11. The molecule has 1 amide bonds. The van der Waals surface area contributed by atoms with Crippen LogP contribution >= 0.6 is 11.8 Å². The van der Waals surface area contributed by atoms with Gasteiger partial charge in [-0.25, -0.2) is 0 Å². The number of ether oxygens (including phenoxy) is 1. The maximum atomic E-state index is 12.0. The molecule has 0 unspecified atom stereocenters. The van der Waals surface area contributed by atoms with E-state index in [-0.39, 0.29) is 23.5 Å². The summed E-state index contributed by atoms with van der Waals surface area (Å²) in [5.74, 6) is 1.34. The van der Waals surface area contributed by atoms with Crippen LogP contribution in [-0.4, -0.2) is 29.8 Å². The first-order valence-electron chi connectivity index (χ1n) is 7.41. The van der Waals surface area contributed by atoms with Crippen molar-refractivity contribution >= 4 is 23.5 Å². The number of fused-ring (bicyclic) bond motifs is 1. The van der Waals surface area contributed by atoms with Gasteiger partial charge in [-0.3, -0.25) is 9.59 Å². The highest BCUT2D eigenvalue weighted by atomic mass is 32.2. The minimum atomic E-state index is -0.107. The van der Waals surface area contributed by atoms with Crippen LogP contribution in [0.5, 0.6) is 5.75 Å². The number of rotatable bonds is 6. The number of benzene rings is 2. The molecule has 1 atom stereocenters. The number of carbonyl (C=O) groups is 2. The van der Waals surface area contributed by atoms with Crippen molar-refractivity contribution in [2.75, 3.05) is 18.1 Å². The van der Waals surface area contributed by atoms with E-state index in [2.05, 4.69) is 5.32 Å². The zero-order chi connectivity index (χ0) is 16.1. The average molecular weight is 327 g/mol. The fraction of sp³-hybridized carbons (Fsp3) is 0.222. The van der Waals surface area contributed by atoms with Crippen LogP contribution in [0.4, 0.5) is 0 Å². The van der Waals surface area contributed by atoms with Gasteiger partial charge in [0.25, 0.3) is 0 Å². The van der Waals surface area contributed by atoms with Gasteiger partial charge in [0.05, 0.1) is 17.5 Å². The zero-order valence-corrected chi connectivity index (χ0v) is 13.3. The summed E-state index contributed by atoms with van der Waals surface area (Å²) in [6.07, 6.45) is 0. The van der Waals surface area contributed by atoms with Crippen LogP contribution in [0, 0.1) is 0 Å². The molecule has 4 nitrogen and oxygen atoms in total. The second-order valence-corrected chi connectivity index (χ2v) is 6.24. The van der Waals surface area contributed by atoms with Gasteiger partial charge in [-0.05, 0) is 6.07 Å². The summed E-state index contributed by atoms with van der Waals surface area (Å²) in [5, 5.41) is 2.95. The van der Waals surface area contributed by atoms with Crippen molar-refractivity contribution in [3.05, 3.63) is 65.7 Å². The normalized spacial score (nSPS) is 15.6. The molecule has 3 rings (SSSR count). The maximum absolute atomic E-state index is 12.0. The van der Waals surface area contributed by atoms with Gasteiger partial charge in [0.1, 0.15) is 12.4 Å². The van der Waals surface area contributed by atoms with E-state index in [0.717, 1.165) is 11.3 Å². The highest BCUT2D eigenvalue weighted by Gasteiger charge is 2.24. The smallest absolute Gasteiger partial charge is 0.230 e. The Hall–Kier alpha value is -2.27. The van der Waals surface area contributed by atoms with E-state index in [1.807, 2.05) is 42.5 Å². The fourth-order valence-electron chi connectivity index (χ4n) is 2.46. The largest absolute Gasteiger partial charge is 0.491 e. The topological polar surface area (TPSA) is 55.4 Å². The maximum Gasteiger partial charge on any atom is 0.230 e. The molecular formula is C18H17NO3S. The van der Waals surface area contributed by atoms with Crippen LogP contribution in [0.2, 0.25) is 0 Å². The summed E-state index contributed by atoms with van der Waals surface area (Å²) in [6, 6.07) is 16.7. The third-order valence-corrected chi connectivity index (χ3v) is 4.53. The molecule has 2 aromatic carbocycles. The Morgan fingerprint density at radius 2 is 1.78 bits per heavy atom. The summed E-state index contributed by atoms with van der Waals surface area (Å²) >= 11 is 1.33. The molecule has 0 saturated carbocycles. The Kier molecular flexibility index (Phi) is 4.98. The van der Waals surface area contributed by atoms with Gasteiger partial charge in [-0.15, -0.1) is 11.8 Å². The van der Waals surface area contributed by atoms with E-state index in [1.54, 1.807) is 12.1 Å². The van der Waals surface area contributed by atoms with Crippen LogP contribution in [0.1, 0.15) is 22.0 Å². The summed E-state index contributed by atoms with van der Waals surface area (Å²) < 4.78 is 5.54. The first-order chi connectivity index (χ1) is 11.2. The van der Waals surface area contributed by atoms with Gasteiger partial charge in [0.15, 0.2) is 5.78 Å². The zero-order valence-electron chi connectivity index (χ0n) is 12.5. The van der Waals surface area contributed by atoms with Gasteiger partial charge in [0.2, 0.25) is 5.91 Å². The average Bonchev–Trinajstić information content (AvgIpc) is 2.99. The molecular weight excluding hydrogens is 310 g/mol. The highest BCUT2D eigenvalue weighted by Crippen LogP contribution is 2.31. The predicted octanol–water partition coefficient (Wildman–Crippen LogP) is 2.85. The van der Waals surface area contributed by atoms with Crippen LogP contribution in [0.3, 0.4) is 0 Å². The lowest BCUT2D eigenvalue weighted by molar-refractivity contribution is -0.119. The van der Waals surface area contributed by atoms with E-state index in [1.165, 1.54) is 11.8 Å². The van der Waals surface area contributed by atoms with Crippen LogP contribution in [-0.2, 0) is 4.79 Å². The van der Waals surface area contributed by atoms with Crippen molar-refractivity contribution in [3.8, 4) is 5.75 Å². The van der Waals surface area contributed by atoms with E-state index < -0.39 is 0 Å². The molecule has 5 heteroatoms. The lowest BCUT2D eigenvalue weighted by Crippen LogP contribution is -2.31. The Balaban J connectivity index is 1.45. The van der Waals surface area contributed by atoms with Gasteiger partial charge in [-0.1, -0.05) is 48.5 Å². The second kappa shape index (κ2) is 7.33. The molecule has 23 heavy (non-hydrogen) atoms. The molecule has 0 radical (unpaired) electrons. The molecule has 1 heterocycles. The lowest BCUT2D eigenvalue weighted by atomic mass is 10.1. The molecule has 0 saturated heterocycles. The number of nitrogens with one attached hydrogen (secondary N) is 1. The van der Waals surface area contributed by atoms with Crippen molar-refractivity contribution < 1.29 is 14.3 Å². The molecule has 1 aliphatic rings. The quantitative estimate of drug-likeness (QED) is 0.829. The monoisotopic (exact) mass is 327 g/mol. The van der Waals surface area contributed by atoms with Gasteiger partial charge in [0, 0.05) is 11.1 Å². The van der Waals surface area contributed by atoms with Gasteiger partial charge in [-0.2, -0.15) is 0 Å². The second-order valence-electron chi connectivity index (χ2n) is 5.25. The van der Waals surface area contributed by atoms with E-state index in [4.69, 9.17) is 4.74 Å². The van der Waals surface area contributed by atoms with E-state index in [0.29, 0.717) is 17.9 Å². The number of thioether (sulfide) groups is 1. The Morgan fingerprint density at radius 3 is 2.61 bits per heavy atom. The third-order valence-electron chi connectivity index (χ3n) is 3.60. The number of carbonyl (C=O) groups excluding carboxylic acids is 2. The molecule has 0 aromatic heterocycles. The Labute approximate surface area is 139 Å². The molecule has 0 bridgehead atoms. The predicted molar refractivity (Wildman–Crippen MR) is 90.9 cm³/mol. The molecule has 1 aliphatic heterocycles. The number of hydrogen-bond acceptors (Lipinski definition) is 4. The van der Waals surface area contributed by atoms with E-state index in [9.17, 15) is 9.59 Å². The molecule has 2 aromatic rings. The van der Waals surface area contributed by atoms with Crippen LogP contribution in [0.25, 0.3) is 0 Å². The minimum absolute atomic E-state index is 0.0398. The number of hydrogen-bond donors (Lipinski definition) is 1. The van der Waals surface area contributed by atoms with Crippen LogP contribution in [0.15, 0.2) is 54.6 Å². The van der Waals surface area contributed by atoms with Crippen molar-refractivity contribution in [1.82, 2.24) is 5.32 Å². The SMILES string of the molecule is O=C(CSCC(=O)c1ccccc1)N[C@@H]1COc2ccccc21. The highest BCUT2D eigenvalue weighted by molar-refractivity contribution is 8.00. The molecule has 1 N–H and O–H groups in total. The molecule has 0 fully saturated rings. The van der Waals surface area contributed by atoms with Gasteiger partial charge < -0.3 is 10.1 Å². The number of amides is 1. The fourth-order valence-corrected chi connectivity index (χ4v) is 3.18. The van der Waals surface area contributed by atoms with Crippen molar-refractivity contribution in [2.45, 2.75) is 6.04 Å². The van der Waals surface area contributed by atoms with Crippen molar-refractivity contribution in [2.24, 2.45) is 0 Å².